The van der Waals surface area contributed by atoms with Gasteiger partial charge in [-0.1, -0.05) is 42.5 Å². The quantitative estimate of drug-likeness (QED) is 0.655. The van der Waals surface area contributed by atoms with Gasteiger partial charge in [-0.2, -0.15) is 0 Å². The molecule has 0 radical (unpaired) electrons. The molecule has 0 heterocycles. The van der Waals surface area contributed by atoms with Crippen LogP contribution in [0.3, 0.4) is 0 Å². The summed E-state index contributed by atoms with van der Waals surface area (Å²) in [5, 5.41) is 12.0. The molecule has 1 unspecified atom stereocenters. The molecule has 0 aromatic heterocycles. The summed E-state index contributed by atoms with van der Waals surface area (Å²) in [5.41, 5.74) is 2.05. The topological polar surface area (TPSA) is 78.9 Å². The van der Waals surface area contributed by atoms with Gasteiger partial charge in [0.2, 0.25) is 0 Å². The number of urea groups is 1. The molecule has 2 amide bonds. The first kappa shape index (κ1) is 21.3. The van der Waals surface area contributed by atoms with Gasteiger partial charge in [-0.05, 0) is 43.0 Å². The van der Waals surface area contributed by atoms with Crippen LogP contribution in [-0.2, 0) is 17.8 Å². The van der Waals surface area contributed by atoms with Crippen LogP contribution in [0.2, 0.25) is 0 Å². The highest BCUT2D eigenvalue weighted by molar-refractivity contribution is 5.74. The van der Waals surface area contributed by atoms with Crippen molar-refractivity contribution in [3.8, 4) is 5.75 Å². The fourth-order valence-corrected chi connectivity index (χ4v) is 2.91. The Kier molecular flexibility index (Phi) is 8.34. The first-order valence-corrected chi connectivity index (χ1v) is 9.47. The summed E-state index contributed by atoms with van der Waals surface area (Å²) in [4.78, 5) is 25.2. The van der Waals surface area contributed by atoms with Crippen molar-refractivity contribution >= 4 is 12.0 Å². The molecule has 28 heavy (non-hydrogen) atoms. The van der Waals surface area contributed by atoms with E-state index >= 15 is 0 Å². The van der Waals surface area contributed by atoms with Gasteiger partial charge in [0.05, 0.1) is 6.61 Å². The monoisotopic (exact) mass is 384 g/mol. The highest BCUT2D eigenvalue weighted by Gasteiger charge is 2.17. The average Bonchev–Trinajstić information content (AvgIpc) is 2.68. The third-order valence-electron chi connectivity index (χ3n) is 4.36. The van der Waals surface area contributed by atoms with Crippen LogP contribution in [0.4, 0.5) is 4.79 Å². The number of ether oxygens (including phenoxy) is 1. The average molecular weight is 384 g/mol. The minimum Gasteiger partial charge on any atom is -0.494 e. The summed E-state index contributed by atoms with van der Waals surface area (Å²) in [6, 6.07) is 16.9. The number of rotatable bonds is 10. The molecule has 0 bridgehead atoms. The smallest absolute Gasteiger partial charge is 0.317 e. The molecule has 6 nitrogen and oxygen atoms in total. The van der Waals surface area contributed by atoms with E-state index in [-0.39, 0.29) is 18.5 Å². The Morgan fingerprint density at radius 2 is 1.75 bits per heavy atom. The largest absolute Gasteiger partial charge is 0.494 e. The zero-order valence-electron chi connectivity index (χ0n) is 16.4. The van der Waals surface area contributed by atoms with Crippen LogP contribution in [0.15, 0.2) is 54.6 Å². The molecule has 0 fully saturated rings. The molecule has 0 saturated heterocycles. The molecule has 0 aliphatic rings. The molecule has 2 aromatic rings. The summed E-state index contributed by atoms with van der Waals surface area (Å²) in [5.74, 6) is -0.0648. The van der Waals surface area contributed by atoms with Crippen molar-refractivity contribution in [2.45, 2.75) is 38.8 Å². The van der Waals surface area contributed by atoms with Gasteiger partial charge in [-0.3, -0.25) is 4.79 Å². The molecule has 2 aromatic carbocycles. The molecule has 150 valence electrons. The lowest BCUT2D eigenvalue weighted by Crippen LogP contribution is -2.44. The van der Waals surface area contributed by atoms with E-state index in [1.807, 2.05) is 61.5 Å². The number of carbonyl (C=O) groups excluding carboxylic acids is 1. The van der Waals surface area contributed by atoms with Crippen LogP contribution < -0.4 is 10.1 Å². The number of benzene rings is 2. The number of nitrogens with one attached hydrogen (secondary N) is 1. The van der Waals surface area contributed by atoms with E-state index in [1.54, 1.807) is 11.9 Å². The Bertz CT molecular complexity index is 747. The van der Waals surface area contributed by atoms with Crippen molar-refractivity contribution in [1.29, 1.82) is 0 Å². The Labute approximate surface area is 166 Å². The number of nitrogens with zero attached hydrogens (tertiary/aromatic N) is 1. The lowest BCUT2D eigenvalue weighted by Gasteiger charge is -2.24. The zero-order chi connectivity index (χ0) is 20.4. The number of carboxylic acid groups (broad SMARTS) is 1. The molecular weight excluding hydrogens is 356 g/mol. The second kappa shape index (κ2) is 11.0. The second-order valence-electron chi connectivity index (χ2n) is 6.70. The lowest BCUT2D eigenvalue weighted by molar-refractivity contribution is -0.137. The Hall–Kier alpha value is -3.02. The summed E-state index contributed by atoms with van der Waals surface area (Å²) < 4.78 is 5.43. The SMILES string of the molecule is CCOc1ccc(CN(C)C(=O)NC(CCC(=O)O)Cc2ccccc2)cc1. The predicted octanol–water partition coefficient (Wildman–Crippen LogP) is 3.70. The number of hydrogen-bond donors (Lipinski definition) is 2. The maximum absolute atomic E-state index is 12.6. The van der Waals surface area contributed by atoms with Crippen molar-refractivity contribution < 1.29 is 19.4 Å². The summed E-state index contributed by atoms with van der Waals surface area (Å²) >= 11 is 0. The molecule has 0 spiro atoms. The summed E-state index contributed by atoms with van der Waals surface area (Å²) in [7, 11) is 1.72. The normalized spacial score (nSPS) is 11.5. The van der Waals surface area contributed by atoms with Crippen LogP contribution in [0.5, 0.6) is 5.75 Å². The third kappa shape index (κ3) is 7.31. The number of carboxylic acids is 1. The van der Waals surface area contributed by atoms with Crippen LogP contribution in [-0.4, -0.2) is 41.7 Å². The van der Waals surface area contributed by atoms with E-state index in [0.717, 1.165) is 16.9 Å². The molecule has 2 N–H and O–H groups in total. The number of aliphatic carboxylic acids is 1. The minimum atomic E-state index is -0.866. The first-order chi connectivity index (χ1) is 13.5. The van der Waals surface area contributed by atoms with Crippen molar-refractivity contribution in [1.82, 2.24) is 10.2 Å². The van der Waals surface area contributed by atoms with Gasteiger partial charge in [0.15, 0.2) is 0 Å². The third-order valence-corrected chi connectivity index (χ3v) is 4.36. The highest BCUT2D eigenvalue weighted by atomic mass is 16.5. The molecule has 1 atom stereocenters. The predicted molar refractivity (Wildman–Crippen MR) is 108 cm³/mol. The van der Waals surface area contributed by atoms with Gasteiger partial charge < -0.3 is 20.1 Å². The molecule has 0 aliphatic carbocycles. The molecule has 6 heteroatoms. The highest BCUT2D eigenvalue weighted by Crippen LogP contribution is 2.14. The van der Waals surface area contributed by atoms with E-state index in [4.69, 9.17) is 9.84 Å². The van der Waals surface area contributed by atoms with Gasteiger partial charge in [0.1, 0.15) is 5.75 Å². The fourth-order valence-electron chi connectivity index (χ4n) is 2.91. The molecule has 2 rings (SSSR count). The Morgan fingerprint density at radius 3 is 2.36 bits per heavy atom. The number of carbonyl (C=O) groups is 2. The van der Waals surface area contributed by atoms with E-state index in [0.29, 0.717) is 26.0 Å². The van der Waals surface area contributed by atoms with E-state index in [1.165, 1.54) is 0 Å². The Balaban J connectivity index is 1.95. The van der Waals surface area contributed by atoms with Gasteiger partial charge >= 0.3 is 12.0 Å². The van der Waals surface area contributed by atoms with Crippen LogP contribution in [0.25, 0.3) is 0 Å². The van der Waals surface area contributed by atoms with E-state index in [9.17, 15) is 9.59 Å². The minimum absolute atomic E-state index is 0.0143. The number of amides is 2. The summed E-state index contributed by atoms with van der Waals surface area (Å²) in [6.45, 7) is 3.00. The van der Waals surface area contributed by atoms with Crippen molar-refractivity contribution in [3.05, 3.63) is 65.7 Å². The standard InChI is InChI=1S/C22H28N2O4/c1-3-28-20-12-9-18(10-13-20)16-24(2)22(27)23-19(11-14-21(25)26)15-17-7-5-4-6-8-17/h4-10,12-13,19H,3,11,14-16H2,1-2H3,(H,23,27)(H,25,26). The van der Waals surface area contributed by atoms with Gasteiger partial charge in [0.25, 0.3) is 0 Å². The van der Waals surface area contributed by atoms with Crippen molar-refractivity contribution in [2.75, 3.05) is 13.7 Å². The van der Waals surface area contributed by atoms with Gasteiger partial charge in [-0.25, -0.2) is 4.79 Å². The van der Waals surface area contributed by atoms with Crippen molar-refractivity contribution in [2.24, 2.45) is 0 Å². The van der Waals surface area contributed by atoms with Crippen molar-refractivity contribution in [3.63, 3.8) is 0 Å². The number of hydrogen-bond acceptors (Lipinski definition) is 3. The molecular formula is C22H28N2O4. The van der Waals surface area contributed by atoms with Crippen LogP contribution in [0.1, 0.15) is 30.9 Å². The first-order valence-electron chi connectivity index (χ1n) is 9.47. The lowest BCUT2D eigenvalue weighted by atomic mass is 10.0. The van der Waals surface area contributed by atoms with E-state index < -0.39 is 5.97 Å². The molecule has 0 aliphatic heterocycles. The fraction of sp³-hybridized carbons (Fsp3) is 0.364. The second-order valence-corrected chi connectivity index (χ2v) is 6.70. The maximum atomic E-state index is 12.6. The van der Waals surface area contributed by atoms with Gasteiger partial charge in [-0.15, -0.1) is 0 Å². The van der Waals surface area contributed by atoms with Gasteiger partial charge in [0, 0.05) is 26.1 Å². The summed E-state index contributed by atoms with van der Waals surface area (Å²) in [6.07, 6.45) is 0.990. The van der Waals surface area contributed by atoms with Crippen LogP contribution in [0, 0.1) is 0 Å². The molecule has 0 saturated carbocycles. The Morgan fingerprint density at radius 1 is 1.07 bits per heavy atom. The zero-order valence-corrected chi connectivity index (χ0v) is 16.4. The van der Waals surface area contributed by atoms with Crippen LogP contribution >= 0.6 is 0 Å². The van der Waals surface area contributed by atoms with E-state index in [2.05, 4.69) is 5.32 Å². The maximum Gasteiger partial charge on any atom is 0.317 e.